The lowest BCUT2D eigenvalue weighted by Gasteiger charge is -2.06. The van der Waals surface area contributed by atoms with Gasteiger partial charge in [0.05, 0.1) is 6.61 Å². The average molecular weight is 511 g/mol. The maximum absolute atomic E-state index is 12.0. The van der Waals surface area contributed by atoms with Crippen molar-refractivity contribution in [2.75, 3.05) is 12.4 Å². The molecule has 0 aliphatic heterocycles. The van der Waals surface area contributed by atoms with Crippen LogP contribution in [0.25, 0.3) is 0 Å². The van der Waals surface area contributed by atoms with Gasteiger partial charge >= 0.3 is 6.18 Å². The van der Waals surface area contributed by atoms with Crippen molar-refractivity contribution in [3.8, 4) is 0 Å². The van der Waals surface area contributed by atoms with E-state index in [1.807, 2.05) is 0 Å². The van der Waals surface area contributed by atoms with Crippen molar-refractivity contribution in [3.63, 3.8) is 0 Å². The average Bonchev–Trinajstić information content (AvgIpc) is 2.80. The second kappa shape index (κ2) is 27.7. The third-order valence-corrected chi connectivity index (χ3v) is 7.39. The van der Waals surface area contributed by atoms with Crippen LogP contribution >= 0.6 is 12.0 Å². The number of hydrogen-bond donors (Lipinski definition) is 0. The van der Waals surface area contributed by atoms with Gasteiger partial charge in [-0.2, -0.15) is 13.2 Å². The number of hydrogen-bond acceptors (Lipinski definition) is 2. The zero-order valence-corrected chi connectivity index (χ0v) is 23.4. The predicted molar refractivity (Wildman–Crippen MR) is 146 cm³/mol. The molecule has 5 heteroatoms. The SMILES string of the molecule is CCCCCCCCCCSOCCCCCCCCCCCCCCCCCCC(F)(F)F. The minimum Gasteiger partial charge on any atom is -0.315 e. The van der Waals surface area contributed by atoms with Crippen molar-refractivity contribution in [2.45, 2.75) is 174 Å². The molecule has 0 bridgehead atoms. The standard InChI is InChI=1S/C29H57F3OS/c1-2-3-4-5-6-19-22-25-28-34-33-27-24-21-18-16-14-12-10-8-7-9-11-13-15-17-20-23-26-29(30,31)32/h2-28H2,1H3. The van der Waals surface area contributed by atoms with Gasteiger partial charge < -0.3 is 4.18 Å². The second-order valence-electron chi connectivity index (χ2n) is 10.1. The van der Waals surface area contributed by atoms with Crippen molar-refractivity contribution < 1.29 is 17.4 Å². The molecule has 0 saturated heterocycles. The summed E-state index contributed by atoms with van der Waals surface area (Å²) >= 11 is 1.68. The Morgan fingerprint density at radius 1 is 0.471 bits per heavy atom. The molecule has 34 heavy (non-hydrogen) atoms. The van der Waals surface area contributed by atoms with Gasteiger partial charge in [-0.05, 0) is 31.3 Å². The Morgan fingerprint density at radius 3 is 1.24 bits per heavy atom. The minimum atomic E-state index is -3.97. The van der Waals surface area contributed by atoms with E-state index in [9.17, 15) is 13.2 Å². The maximum atomic E-state index is 12.0. The molecule has 0 rings (SSSR count). The molecule has 0 saturated carbocycles. The lowest BCUT2D eigenvalue weighted by molar-refractivity contribution is -0.135. The summed E-state index contributed by atoms with van der Waals surface area (Å²) in [6.45, 7) is 3.18. The zero-order valence-electron chi connectivity index (χ0n) is 22.5. The van der Waals surface area contributed by atoms with Crippen LogP contribution in [0.2, 0.25) is 0 Å². The van der Waals surface area contributed by atoms with Crippen molar-refractivity contribution >= 4 is 12.0 Å². The molecule has 0 atom stereocenters. The quantitative estimate of drug-likeness (QED) is 0.0764. The molecule has 0 fully saturated rings. The van der Waals surface area contributed by atoms with Gasteiger partial charge in [-0.15, -0.1) is 0 Å². The van der Waals surface area contributed by atoms with Gasteiger partial charge in [0, 0.05) is 12.2 Å². The number of halogens is 3. The van der Waals surface area contributed by atoms with E-state index in [1.54, 1.807) is 12.0 Å². The first-order valence-corrected chi connectivity index (χ1v) is 15.8. The topological polar surface area (TPSA) is 9.23 Å². The van der Waals surface area contributed by atoms with Crippen molar-refractivity contribution in [3.05, 3.63) is 0 Å². The normalized spacial score (nSPS) is 12.0. The smallest absolute Gasteiger partial charge is 0.315 e. The molecule has 0 aromatic carbocycles. The fourth-order valence-electron chi connectivity index (χ4n) is 4.37. The molecule has 1 nitrogen and oxygen atoms in total. The van der Waals surface area contributed by atoms with Crippen LogP contribution in [0.15, 0.2) is 0 Å². The van der Waals surface area contributed by atoms with Crippen LogP contribution < -0.4 is 0 Å². The van der Waals surface area contributed by atoms with Crippen LogP contribution in [0.4, 0.5) is 13.2 Å². The van der Waals surface area contributed by atoms with Crippen LogP contribution in [0.5, 0.6) is 0 Å². The Hall–Kier alpha value is 0.100. The molecule has 0 unspecified atom stereocenters. The van der Waals surface area contributed by atoms with Gasteiger partial charge in [0.2, 0.25) is 0 Å². The molecule has 0 spiro atoms. The van der Waals surface area contributed by atoms with Crippen molar-refractivity contribution in [2.24, 2.45) is 0 Å². The molecule has 0 aromatic rings. The van der Waals surface area contributed by atoms with Gasteiger partial charge in [-0.3, -0.25) is 0 Å². The lowest BCUT2D eigenvalue weighted by atomic mass is 10.0. The zero-order chi connectivity index (χ0) is 25.0. The highest BCUT2D eigenvalue weighted by Gasteiger charge is 2.25. The molecule has 0 radical (unpaired) electrons. The first kappa shape index (κ1) is 34.1. The summed E-state index contributed by atoms with van der Waals surface area (Å²) < 4.78 is 41.9. The van der Waals surface area contributed by atoms with E-state index >= 15 is 0 Å². The van der Waals surface area contributed by atoms with Gasteiger partial charge in [0.1, 0.15) is 0 Å². The summed E-state index contributed by atoms with van der Waals surface area (Å²) in [4.78, 5) is 0. The van der Waals surface area contributed by atoms with Crippen LogP contribution in [0.1, 0.15) is 167 Å². The lowest BCUT2D eigenvalue weighted by Crippen LogP contribution is -2.06. The van der Waals surface area contributed by atoms with E-state index in [2.05, 4.69) is 6.92 Å². The van der Waals surface area contributed by atoms with Gasteiger partial charge in [-0.1, -0.05) is 142 Å². The van der Waals surface area contributed by atoms with Crippen LogP contribution in [-0.2, 0) is 4.18 Å². The monoisotopic (exact) mass is 510 g/mol. The fraction of sp³-hybridized carbons (Fsp3) is 1.00. The first-order valence-electron chi connectivity index (χ1n) is 14.9. The summed E-state index contributed by atoms with van der Waals surface area (Å²) in [5, 5.41) is 0. The predicted octanol–water partition coefficient (Wildman–Crippen LogP) is 12.0. The highest BCUT2D eigenvalue weighted by Crippen LogP contribution is 2.23. The summed E-state index contributed by atoms with van der Waals surface area (Å²) in [5.74, 6) is 1.15. The third-order valence-electron chi connectivity index (χ3n) is 6.60. The number of unbranched alkanes of at least 4 members (excludes halogenated alkanes) is 22. The van der Waals surface area contributed by atoms with Crippen molar-refractivity contribution in [1.82, 2.24) is 0 Å². The summed E-state index contributed by atoms with van der Waals surface area (Å²) in [6.07, 6.45) is 25.2. The molecular formula is C29H57F3OS. The molecule has 0 amide bonds. The van der Waals surface area contributed by atoms with E-state index < -0.39 is 12.6 Å². The van der Waals surface area contributed by atoms with E-state index in [-0.39, 0.29) is 0 Å². The van der Waals surface area contributed by atoms with Gasteiger partial charge in [-0.25, -0.2) is 0 Å². The van der Waals surface area contributed by atoms with E-state index in [4.69, 9.17) is 4.18 Å². The largest absolute Gasteiger partial charge is 0.389 e. The third kappa shape index (κ3) is 32.1. The molecular weight excluding hydrogens is 453 g/mol. The molecule has 206 valence electrons. The highest BCUT2D eigenvalue weighted by molar-refractivity contribution is 7.94. The van der Waals surface area contributed by atoms with E-state index in [1.165, 1.54) is 128 Å². The summed E-state index contributed by atoms with van der Waals surface area (Å²) in [6, 6.07) is 0. The Kier molecular flexibility index (Phi) is 27.8. The molecule has 0 heterocycles. The Balaban J connectivity index is 3.03. The molecule has 0 N–H and O–H groups in total. The highest BCUT2D eigenvalue weighted by atomic mass is 32.2. The second-order valence-corrected chi connectivity index (χ2v) is 11.0. The van der Waals surface area contributed by atoms with Crippen molar-refractivity contribution in [1.29, 1.82) is 0 Å². The van der Waals surface area contributed by atoms with Gasteiger partial charge in [0.25, 0.3) is 0 Å². The van der Waals surface area contributed by atoms with E-state index in [0.29, 0.717) is 6.42 Å². The number of rotatable bonds is 28. The maximum Gasteiger partial charge on any atom is 0.389 e. The van der Waals surface area contributed by atoms with Gasteiger partial charge in [0.15, 0.2) is 0 Å². The fourth-order valence-corrected chi connectivity index (χ4v) is 5.05. The Labute approximate surface area is 215 Å². The van der Waals surface area contributed by atoms with Crippen LogP contribution in [-0.4, -0.2) is 18.5 Å². The summed E-state index contributed by atoms with van der Waals surface area (Å²) in [7, 11) is 0. The molecule has 0 aromatic heterocycles. The Bertz CT molecular complexity index is 377. The first-order chi connectivity index (χ1) is 16.6. The minimum absolute atomic E-state index is 0.301. The summed E-state index contributed by atoms with van der Waals surface area (Å²) in [5.41, 5.74) is 0. The Morgan fingerprint density at radius 2 is 0.824 bits per heavy atom. The van der Waals surface area contributed by atoms with Crippen LogP contribution in [0.3, 0.4) is 0 Å². The molecule has 0 aliphatic carbocycles. The molecule has 0 aliphatic rings. The number of alkyl halides is 3. The van der Waals surface area contributed by atoms with E-state index in [0.717, 1.165) is 31.6 Å². The van der Waals surface area contributed by atoms with Crippen LogP contribution in [0, 0.1) is 0 Å².